The molecule has 0 amide bonds. The number of nitro groups is 1. The molecule has 2 aromatic carbocycles. The molecule has 0 aromatic heterocycles. The first kappa shape index (κ1) is 13.0. The van der Waals surface area contributed by atoms with E-state index in [0.29, 0.717) is 17.9 Å². The van der Waals surface area contributed by atoms with Crippen LogP contribution in [0.5, 0.6) is 5.75 Å². The van der Waals surface area contributed by atoms with E-state index in [1.54, 1.807) is 12.1 Å². The Bertz CT molecular complexity index is 594. The quantitative estimate of drug-likeness (QED) is 0.675. The monoisotopic (exact) mass is 258 g/mol. The van der Waals surface area contributed by atoms with Gasteiger partial charge < -0.3 is 10.5 Å². The Kier molecular flexibility index (Phi) is 3.77. The first-order valence-electron chi connectivity index (χ1n) is 5.77. The predicted molar refractivity (Wildman–Crippen MR) is 73.0 cm³/mol. The number of rotatable bonds is 4. The van der Waals surface area contributed by atoms with Crippen LogP contribution in [0.15, 0.2) is 42.5 Å². The molecule has 2 aromatic rings. The number of hydrogen-bond donors (Lipinski definition) is 1. The minimum atomic E-state index is -0.408. The lowest BCUT2D eigenvalue weighted by molar-refractivity contribution is -0.384. The molecule has 0 saturated carbocycles. The van der Waals surface area contributed by atoms with E-state index in [0.717, 1.165) is 11.1 Å². The average Bonchev–Trinajstić information content (AvgIpc) is 2.46. The highest BCUT2D eigenvalue weighted by molar-refractivity contribution is 5.74. The van der Waals surface area contributed by atoms with Crippen molar-refractivity contribution in [1.29, 1.82) is 0 Å². The lowest BCUT2D eigenvalue weighted by atomic mass is 10.0. The fourth-order valence-corrected chi connectivity index (χ4v) is 1.85. The molecule has 98 valence electrons. The predicted octanol–water partition coefficient (Wildman–Crippen LogP) is 2.73. The molecule has 0 aliphatic rings. The maximum Gasteiger partial charge on any atom is 0.280 e. The summed E-state index contributed by atoms with van der Waals surface area (Å²) in [4.78, 5) is 10.7. The summed E-state index contributed by atoms with van der Waals surface area (Å²) in [5.41, 5.74) is 7.89. The van der Waals surface area contributed by atoms with Crippen molar-refractivity contribution in [3.63, 3.8) is 0 Å². The summed E-state index contributed by atoms with van der Waals surface area (Å²) in [6.07, 6.45) is 0. The Labute approximate surface area is 110 Å². The van der Waals surface area contributed by atoms with Gasteiger partial charge in [-0.2, -0.15) is 0 Å². The van der Waals surface area contributed by atoms with Gasteiger partial charge in [0.1, 0.15) is 5.75 Å². The SMILES string of the molecule is COc1ccc(-c2ccc(CN)cc2)c([N+](=O)[O-])c1. The summed E-state index contributed by atoms with van der Waals surface area (Å²) in [5, 5.41) is 11.1. The summed E-state index contributed by atoms with van der Waals surface area (Å²) in [6.45, 7) is 0.449. The van der Waals surface area contributed by atoms with Crippen molar-refractivity contribution in [1.82, 2.24) is 0 Å². The van der Waals surface area contributed by atoms with Gasteiger partial charge in [0.25, 0.3) is 5.69 Å². The molecule has 0 atom stereocenters. The normalized spacial score (nSPS) is 10.2. The molecule has 0 radical (unpaired) electrons. The van der Waals surface area contributed by atoms with Gasteiger partial charge in [0.15, 0.2) is 0 Å². The zero-order chi connectivity index (χ0) is 13.8. The van der Waals surface area contributed by atoms with Gasteiger partial charge in [-0.1, -0.05) is 24.3 Å². The maximum atomic E-state index is 11.1. The molecule has 0 bridgehead atoms. The first-order chi connectivity index (χ1) is 9.15. The van der Waals surface area contributed by atoms with E-state index in [4.69, 9.17) is 10.5 Å². The van der Waals surface area contributed by atoms with Crippen molar-refractivity contribution in [2.45, 2.75) is 6.54 Å². The van der Waals surface area contributed by atoms with Crippen LogP contribution in [0.25, 0.3) is 11.1 Å². The Morgan fingerprint density at radius 1 is 1.21 bits per heavy atom. The van der Waals surface area contributed by atoms with Gasteiger partial charge in [-0.05, 0) is 23.3 Å². The molecule has 2 N–H and O–H groups in total. The van der Waals surface area contributed by atoms with Gasteiger partial charge in [-0.25, -0.2) is 0 Å². The van der Waals surface area contributed by atoms with E-state index in [-0.39, 0.29) is 5.69 Å². The maximum absolute atomic E-state index is 11.1. The number of nitrogens with two attached hydrogens (primary N) is 1. The fraction of sp³-hybridized carbons (Fsp3) is 0.143. The third kappa shape index (κ3) is 2.71. The van der Waals surface area contributed by atoms with Crippen LogP contribution in [-0.4, -0.2) is 12.0 Å². The van der Waals surface area contributed by atoms with Crippen molar-refractivity contribution >= 4 is 5.69 Å². The van der Waals surface area contributed by atoms with Crippen LogP contribution in [0.1, 0.15) is 5.56 Å². The van der Waals surface area contributed by atoms with E-state index in [1.807, 2.05) is 24.3 Å². The molecule has 5 heteroatoms. The van der Waals surface area contributed by atoms with Crippen molar-refractivity contribution in [3.05, 3.63) is 58.1 Å². The van der Waals surface area contributed by atoms with Crippen molar-refractivity contribution < 1.29 is 9.66 Å². The van der Waals surface area contributed by atoms with Gasteiger partial charge in [0.2, 0.25) is 0 Å². The molecule has 0 unspecified atom stereocenters. The number of methoxy groups -OCH3 is 1. The molecular formula is C14H14N2O3. The summed E-state index contributed by atoms with van der Waals surface area (Å²) in [7, 11) is 1.48. The number of hydrogen-bond acceptors (Lipinski definition) is 4. The van der Waals surface area contributed by atoms with Gasteiger partial charge in [0, 0.05) is 6.54 Å². The van der Waals surface area contributed by atoms with Crippen LogP contribution in [0.2, 0.25) is 0 Å². The Hall–Kier alpha value is -2.40. The summed E-state index contributed by atoms with van der Waals surface area (Å²) in [6, 6.07) is 12.2. The van der Waals surface area contributed by atoms with E-state index in [9.17, 15) is 10.1 Å². The van der Waals surface area contributed by atoms with Gasteiger partial charge >= 0.3 is 0 Å². The second kappa shape index (κ2) is 5.49. The van der Waals surface area contributed by atoms with E-state index in [2.05, 4.69) is 0 Å². The minimum Gasteiger partial charge on any atom is -0.497 e. The minimum absolute atomic E-state index is 0.0276. The van der Waals surface area contributed by atoms with Gasteiger partial charge in [-0.15, -0.1) is 0 Å². The molecule has 5 nitrogen and oxygen atoms in total. The Morgan fingerprint density at radius 2 is 1.89 bits per heavy atom. The van der Waals surface area contributed by atoms with Crippen LogP contribution in [0.3, 0.4) is 0 Å². The summed E-state index contributed by atoms with van der Waals surface area (Å²) < 4.78 is 5.01. The second-order valence-corrected chi connectivity index (χ2v) is 4.04. The highest BCUT2D eigenvalue weighted by atomic mass is 16.6. The molecule has 2 rings (SSSR count). The Morgan fingerprint density at radius 3 is 2.42 bits per heavy atom. The van der Waals surface area contributed by atoms with E-state index in [1.165, 1.54) is 13.2 Å². The molecule has 0 aliphatic heterocycles. The van der Waals surface area contributed by atoms with E-state index < -0.39 is 4.92 Å². The molecule has 0 saturated heterocycles. The zero-order valence-corrected chi connectivity index (χ0v) is 10.5. The fourth-order valence-electron chi connectivity index (χ4n) is 1.85. The van der Waals surface area contributed by atoms with Gasteiger partial charge in [-0.3, -0.25) is 10.1 Å². The van der Waals surface area contributed by atoms with Crippen LogP contribution < -0.4 is 10.5 Å². The summed E-state index contributed by atoms with van der Waals surface area (Å²) in [5.74, 6) is 0.467. The number of nitrogens with zero attached hydrogens (tertiary/aromatic N) is 1. The van der Waals surface area contributed by atoms with Crippen LogP contribution in [-0.2, 0) is 6.54 Å². The van der Waals surface area contributed by atoms with Crippen molar-refractivity contribution in [3.8, 4) is 16.9 Å². The highest BCUT2D eigenvalue weighted by Crippen LogP contribution is 2.33. The molecular weight excluding hydrogens is 244 g/mol. The number of nitro benzene ring substituents is 1. The molecule has 0 aliphatic carbocycles. The van der Waals surface area contributed by atoms with Gasteiger partial charge in [0.05, 0.1) is 23.7 Å². The van der Waals surface area contributed by atoms with Crippen LogP contribution in [0.4, 0.5) is 5.69 Å². The zero-order valence-electron chi connectivity index (χ0n) is 10.5. The van der Waals surface area contributed by atoms with Crippen LogP contribution in [0, 0.1) is 10.1 Å². The third-order valence-electron chi connectivity index (χ3n) is 2.90. The van der Waals surface area contributed by atoms with Crippen molar-refractivity contribution in [2.24, 2.45) is 5.73 Å². The topological polar surface area (TPSA) is 78.4 Å². The molecule has 19 heavy (non-hydrogen) atoms. The lowest BCUT2D eigenvalue weighted by Gasteiger charge is -2.06. The number of benzene rings is 2. The molecule has 0 fully saturated rings. The summed E-state index contributed by atoms with van der Waals surface area (Å²) >= 11 is 0. The largest absolute Gasteiger partial charge is 0.497 e. The van der Waals surface area contributed by atoms with Crippen molar-refractivity contribution in [2.75, 3.05) is 7.11 Å². The number of ether oxygens (including phenoxy) is 1. The molecule has 0 heterocycles. The van der Waals surface area contributed by atoms with E-state index >= 15 is 0 Å². The van der Waals surface area contributed by atoms with Crippen LogP contribution >= 0.6 is 0 Å². The molecule has 0 spiro atoms. The smallest absolute Gasteiger partial charge is 0.280 e. The first-order valence-corrected chi connectivity index (χ1v) is 5.77. The standard InChI is InChI=1S/C14H14N2O3/c1-19-12-6-7-13(14(8-12)16(17)18)11-4-2-10(9-15)3-5-11/h2-8H,9,15H2,1H3. The average molecular weight is 258 g/mol. The Balaban J connectivity index is 2.50. The third-order valence-corrected chi connectivity index (χ3v) is 2.90. The second-order valence-electron chi connectivity index (χ2n) is 4.04. The highest BCUT2D eigenvalue weighted by Gasteiger charge is 2.16. The lowest BCUT2D eigenvalue weighted by Crippen LogP contribution is -1.96.